The maximum absolute atomic E-state index is 12.7. The van der Waals surface area contributed by atoms with Crippen LogP contribution in [0, 0.1) is 6.92 Å². The Morgan fingerprint density at radius 3 is 2.39 bits per heavy atom. The lowest BCUT2D eigenvalue weighted by molar-refractivity contribution is -0.136. The Bertz CT molecular complexity index is 1460. The van der Waals surface area contributed by atoms with Crippen LogP contribution in [0.4, 0.5) is 5.69 Å². The molecule has 4 aromatic carbocycles. The number of nitrogens with one attached hydrogen (secondary N) is 2. The Balaban J connectivity index is 1.52. The zero-order valence-electron chi connectivity index (χ0n) is 19.6. The van der Waals surface area contributed by atoms with Gasteiger partial charge in [-0.1, -0.05) is 48.0 Å². The van der Waals surface area contributed by atoms with Gasteiger partial charge in [-0.05, 0) is 60.2 Å². The Labute approximate surface area is 207 Å². The predicted octanol–water partition coefficient (Wildman–Crippen LogP) is 4.46. The first-order chi connectivity index (χ1) is 17.4. The van der Waals surface area contributed by atoms with E-state index in [1.54, 1.807) is 48.5 Å². The van der Waals surface area contributed by atoms with Crippen molar-refractivity contribution in [3.8, 4) is 11.5 Å². The molecule has 8 nitrogen and oxygen atoms in total. The highest BCUT2D eigenvalue weighted by molar-refractivity contribution is 6.39. The fraction of sp³-hybridized carbons (Fsp3) is 0.0714. The third kappa shape index (κ3) is 5.74. The number of methoxy groups -OCH3 is 1. The van der Waals surface area contributed by atoms with Crippen LogP contribution >= 0.6 is 0 Å². The molecule has 2 N–H and O–H groups in total. The normalized spacial score (nSPS) is 10.7. The summed E-state index contributed by atoms with van der Waals surface area (Å²) in [6, 6.07) is 24.6. The lowest BCUT2D eigenvalue weighted by Crippen LogP contribution is -2.32. The van der Waals surface area contributed by atoms with Gasteiger partial charge in [0.05, 0.1) is 18.9 Å². The van der Waals surface area contributed by atoms with Crippen molar-refractivity contribution in [2.75, 3.05) is 12.4 Å². The first-order valence-electron chi connectivity index (χ1n) is 11.0. The highest BCUT2D eigenvalue weighted by Crippen LogP contribution is 2.27. The van der Waals surface area contributed by atoms with E-state index in [4.69, 9.17) is 9.47 Å². The molecule has 0 atom stereocenters. The van der Waals surface area contributed by atoms with Gasteiger partial charge in [-0.15, -0.1) is 0 Å². The molecule has 4 rings (SSSR count). The molecule has 0 unspecified atom stereocenters. The minimum atomic E-state index is -0.958. The number of hydrogen-bond donors (Lipinski definition) is 2. The molecule has 8 heteroatoms. The van der Waals surface area contributed by atoms with Gasteiger partial charge >= 0.3 is 17.8 Å². The summed E-state index contributed by atoms with van der Waals surface area (Å²) in [7, 11) is 1.53. The van der Waals surface area contributed by atoms with Crippen molar-refractivity contribution in [1.29, 1.82) is 0 Å². The molecule has 0 radical (unpaired) electrons. The predicted molar refractivity (Wildman–Crippen MR) is 137 cm³/mol. The van der Waals surface area contributed by atoms with Gasteiger partial charge in [0, 0.05) is 11.3 Å². The summed E-state index contributed by atoms with van der Waals surface area (Å²) < 4.78 is 10.7. The van der Waals surface area contributed by atoms with Crippen molar-refractivity contribution in [3.05, 3.63) is 102 Å². The molecule has 0 aliphatic heterocycles. The van der Waals surface area contributed by atoms with Gasteiger partial charge in [0.2, 0.25) is 0 Å². The van der Waals surface area contributed by atoms with E-state index in [1.807, 2.05) is 43.3 Å². The maximum Gasteiger partial charge on any atom is 0.343 e. The van der Waals surface area contributed by atoms with E-state index in [1.165, 1.54) is 13.3 Å². The Morgan fingerprint density at radius 1 is 0.861 bits per heavy atom. The summed E-state index contributed by atoms with van der Waals surface area (Å²) in [5.41, 5.74) is 4.46. The van der Waals surface area contributed by atoms with Crippen LogP contribution < -0.4 is 20.2 Å². The molecule has 0 spiro atoms. The first-order valence-corrected chi connectivity index (χ1v) is 11.0. The van der Waals surface area contributed by atoms with Crippen LogP contribution in [0.15, 0.2) is 90.0 Å². The number of hydrogen-bond acceptors (Lipinski definition) is 6. The summed E-state index contributed by atoms with van der Waals surface area (Å²) >= 11 is 0. The largest absolute Gasteiger partial charge is 0.497 e. The van der Waals surface area contributed by atoms with Crippen molar-refractivity contribution in [2.45, 2.75) is 6.92 Å². The molecule has 0 aliphatic rings. The number of esters is 1. The molecule has 0 heterocycles. The molecule has 0 fully saturated rings. The van der Waals surface area contributed by atoms with Gasteiger partial charge < -0.3 is 14.8 Å². The highest BCUT2D eigenvalue weighted by Gasteiger charge is 2.15. The van der Waals surface area contributed by atoms with Crippen molar-refractivity contribution in [3.63, 3.8) is 0 Å². The lowest BCUT2D eigenvalue weighted by Gasteiger charge is -2.11. The van der Waals surface area contributed by atoms with Crippen LogP contribution in [0.5, 0.6) is 11.5 Å². The first kappa shape index (κ1) is 24.2. The van der Waals surface area contributed by atoms with Gasteiger partial charge in [-0.3, -0.25) is 9.59 Å². The standard InChI is InChI=1S/C28H23N3O5/c1-18-6-5-8-20(16-18)28(34)36-25-15-10-19-7-3-4-9-23(19)24(25)17-29-31-27(33)26(32)30-21-11-13-22(35-2)14-12-21/h3-17H,1-2H3,(H,30,32)(H,31,33)/b29-17-. The summed E-state index contributed by atoms with van der Waals surface area (Å²) in [4.78, 5) is 37.2. The Hall–Kier alpha value is -4.98. The van der Waals surface area contributed by atoms with Crippen LogP contribution in [0.3, 0.4) is 0 Å². The second-order valence-corrected chi connectivity index (χ2v) is 7.84. The molecule has 0 saturated heterocycles. The van der Waals surface area contributed by atoms with Crippen molar-refractivity contribution in [1.82, 2.24) is 5.43 Å². The smallest absolute Gasteiger partial charge is 0.343 e. The van der Waals surface area contributed by atoms with Crippen LogP contribution in [-0.2, 0) is 9.59 Å². The molecule has 0 saturated carbocycles. The third-order valence-electron chi connectivity index (χ3n) is 5.30. The Morgan fingerprint density at radius 2 is 1.64 bits per heavy atom. The topological polar surface area (TPSA) is 106 Å². The number of nitrogens with zero attached hydrogens (tertiary/aromatic N) is 1. The van der Waals surface area contributed by atoms with Crippen LogP contribution in [0.1, 0.15) is 21.5 Å². The summed E-state index contributed by atoms with van der Waals surface area (Å²) in [6.45, 7) is 1.89. The fourth-order valence-electron chi connectivity index (χ4n) is 3.50. The van der Waals surface area contributed by atoms with E-state index in [0.717, 1.165) is 16.3 Å². The molecule has 180 valence electrons. The van der Waals surface area contributed by atoms with Crippen LogP contribution in [0.2, 0.25) is 0 Å². The average molecular weight is 482 g/mol. The van der Waals surface area contributed by atoms with Crippen LogP contribution in [-0.4, -0.2) is 31.1 Å². The maximum atomic E-state index is 12.7. The summed E-state index contributed by atoms with van der Waals surface area (Å²) in [5.74, 6) is -1.48. The Kier molecular flexibility index (Phi) is 7.36. The number of carbonyl (C=O) groups is 3. The van der Waals surface area contributed by atoms with E-state index in [-0.39, 0.29) is 5.75 Å². The highest BCUT2D eigenvalue weighted by atomic mass is 16.5. The number of aryl methyl sites for hydroxylation is 1. The molecule has 0 aliphatic carbocycles. The minimum absolute atomic E-state index is 0.265. The molecule has 0 aromatic heterocycles. The zero-order chi connectivity index (χ0) is 25.5. The third-order valence-corrected chi connectivity index (χ3v) is 5.30. The number of amides is 2. The number of hydrazone groups is 1. The van der Waals surface area contributed by atoms with Gasteiger partial charge in [-0.2, -0.15) is 5.10 Å². The lowest BCUT2D eigenvalue weighted by atomic mass is 10.0. The fourth-order valence-corrected chi connectivity index (χ4v) is 3.50. The van der Waals surface area contributed by atoms with E-state index in [2.05, 4.69) is 15.8 Å². The van der Waals surface area contributed by atoms with Gasteiger partial charge in [-0.25, -0.2) is 10.2 Å². The molecular formula is C28H23N3O5. The SMILES string of the molecule is COc1ccc(NC(=O)C(=O)N/N=C\c2c(OC(=O)c3cccc(C)c3)ccc3ccccc23)cc1. The second kappa shape index (κ2) is 11.0. The van der Waals surface area contributed by atoms with Crippen molar-refractivity contribution in [2.24, 2.45) is 5.10 Å². The van der Waals surface area contributed by atoms with Crippen molar-refractivity contribution >= 4 is 40.5 Å². The summed E-state index contributed by atoms with van der Waals surface area (Å²) in [5, 5.41) is 8.07. The number of benzene rings is 4. The number of ether oxygens (including phenoxy) is 2. The molecule has 0 bridgehead atoms. The quantitative estimate of drug-likeness (QED) is 0.139. The van der Waals surface area contributed by atoms with E-state index >= 15 is 0 Å². The molecule has 4 aromatic rings. The minimum Gasteiger partial charge on any atom is -0.497 e. The van der Waals surface area contributed by atoms with Gasteiger partial charge in [0.15, 0.2) is 0 Å². The number of rotatable bonds is 6. The number of anilines is 1. The molecule has 36 heavy (non-hydrogen) atoms. The van der Waals surface area contributed by atoms with Gasteiger partial charge in [0.1, 0.15) is 11.5 Å². The molecular weight excluding hydrogens is 458 g/mol. The summed E-state index contributed by atoms with van der Waals surface area (Å²) in [6.07, 6.45) is 1.35. The van der Waals surface area contributed by atoms with E-state index in [9.17, 15) is 14.4 Å². The van der Waals surface area contributed by atoms with Gasteiger partial charge in [0.25, 0.3) is 0 Å². The van der Waals surface area contributed by atoms with E-state index in [0.29, 0.717) is 22.6 Å². The van der Waals surface area contributed by atoms with Crippen LogP contribution in [0.25, 0.3) is 10.8 Å². The number of carbonyl (C=O) groups excluding carboxylic acids is 3. The number of fused-ring (bicyclic) bond motifs is 1. The van der Waals surface area contributed by atoms with Crippen molar-refractivity contribution < 1.29 is 23.9 Å². The monoisotopic (exact) mass is 481 g/mol. The van der Waals surface area contributed by atoms with E-state index < -0.39 is 17.8 Å². The average Bonchev–Trinajstić information content (AvgIpc) is 2.90. The molecule has 2 amide bonds. The zero-order valence-corrected chi connectivity index (χ0v) is 19.6. The second-order valence-electron chi connectivity index (χ2n) is 7.84.